The van der Waals surface area contributed by atoms with Gasteiger partial charge in [0.25, 0.3) is 0 Å². The lowest BCUT2D eigenvalue weighted by Gasteiger charge is -2.22. The number of aryl methyl sites for hydroxylation is 2. The van der Waals surface area contributed by atoms with Crippen molar-refractivity contribution in [2.45, 2.75) is 58.3 Å². The Bertz CT molecular complexity index is 1180. The Hall–Kier alpha value is -2.24. The van der Waals surface area contributed by atoms with Crippen LogP contribution in [0.1, 0.15) is 49.6 Å². The highest BCUT2D eigenvalue weighted by Crippen LogP contribution is 2.33. The number of alkyl halides is 3. The van der Waals surface area contributed by atoms with Crippen LogP contribution in [0.15, 0.2) is 23.3 Å². The quantitative estimate of drug-likeness (QED) is 0.430. The number of ether oxygens (including phenoxy) is 1. The maximum atomic E-state index is 12.7. The molecule has 176 valence electrons. The first-order chi connectivity index (χ1) is 14.9. The number of pyridine rings is 1. The number of aliphatic imine (C=N–C) groups is 1. The number of dihydropyridines is 1. The van der Waals surface area contributed by atoms with Crippen LogP contribution in [0.5, 0.6) is 0 Å². The van der Waals surface area contributed by atoms with Crippen molar-refractivity contribution in [3.8, 4) is 0 Å². The molecule has 0 radical (unpaired) electrons. The van der Waals surface area contributed by atoms with Crippen LogP contribution < -0.4 is 0 Å². The predicted molar refractivity (Wildman–Crippen MR) is 116 cm³/mol. The van der Waals surface area contributed by atoms with E-state index in [1.54, 1.807) is 20.1 Å². The van der Waals surface area contributed by atoms with E-state index in [1.807, 2.05) is 33.0 Å². The minimum atomic E-state index is -5.73. The van der Waals surface area contributed by atoms with Gasteiger partial charge >= 0.3 is 15.6 Å². The third-order valence-corrected chi connectivity index (χ3v) is 6.35. The molecule has 0 spiro atoms. The van der Waals surface area contributed by atoms with Crippen LogP contribution >= 0.6 is 0 Å². The van der Waals surface area contributed by atoms with E-state index in [-0.39, 0.29) is 12.5 Å². The number of nitrogens with zero attached hydrogens (tertiary/aromatic N) is 3. The van der Waals surface area contributed by atoms with Gasteiger partial charge in [-0.2, -0.15) is 21.6 Å². The number of allylic oxidation sites excluding steroid dienone is 1. The lowest BCUT2D eigenvalue weighted by atomic mass is 9.96. The average molecular weight is 474 g/mol. The van der Waals surface area contributed by atoms with Crippen molar-refractivity contribution in [2.75, 3.05) is 13.7 Å². The summed E-state index contributed by atoms with van der Waals surface area (Å²) in [4.78, 5) is 8.99. The number of aromatic nitrogens is 2. The summed E-state index contributed by atoms with van der Waals surface area (Å²) >= 11 is 0. The first kappa shape index (κ1) is 24.4. The second-order valence-corrected chi connectivity index (χ2v) is 9.34. The molecule has 3 rings (SSSR count). The molecule has 11 heteroatoms. The van der Waals surface area contributed by atoms with Crippen LogP contribution in [0.2, 0.25) is 0 Å². The zero-order valence-corrected chi connectivity index (χ0v) is 19.3. The van der Waals surface area contributed by atoms with E-state index in [9.17, 15) is 21.6 Å². The molecule has 3 heterocycles. The lowest BCUT2D eigenvalue weighted by molar-refractivity contribution is -0.0570. The van der Waals surface area contributed by atoms with Gasteiger partial charge in [-0.25, -0.2) is 9.17 Å². The van der Waals surface area contributed by atoms with E-state index in [0.29, 0.717) is 30.0 Å². The lowest BCUT2D eigenvalue weighted by Crippen LogP contribution is -2.30. The highest BCUT2D eigenvalue weighted by Gasteiger charge is 2.48. The van der Waals surface area contributed by atoms with Crippen LogP contribution in [0, 0.1) is 13.8 Å². The molecule has 0 aliphatic carbocycles. The standard InChI is InChI=1S/C21H26F3N3O4S/c1-6-16-15(7-8-18(25-16)31-32(28,29)21(22,23)24)19-12(2)9-17-20(26-19)13(3)10-27(17)14(4)11-30-5/h7,9-10,14,18H,6,8,11H2,1-5H3/t14-,18?/m0/s1. The zero-order chi connectivity index (χ0) is 23.8. The molecule has 0 fully saturated rings. The molecule has 0 N–H and O–H groups in total. The topological polar surface area (TPSA) is 82.8 Å². The molecule has 1 aliphatic rings. The number of hydrogen-bond acceptors (Lipinski definition) is 6. The Labute approximate surface area is 185 Å². The Morgan fingerprint density at radius 2 is 1.97 bits per heavy atom. The minimum Gasteiger partial charge on any atom is -0.383 e. The average Bonchev–Trinajstić information content (AvgIpc) is 3.02. The smallest absolute Gasteiger partial charge is 0.383 e. The van der Waals surface area contributed by atoms with Gasteiger partial charge in [0.2, 0.25) is 0 Å². The third-order valence-electron chi connectivity index (χ3n) is 5.31. The summed E-state index contributed by atoms with van der Waals surface area (Å²) in [6, 6.07) is 2.13. The maximum Gasteiger partial charge on any atom is 0.523 e. The van der Waals surface area contributed by atoms with E-state index >= 15 is 0 Å². The Kier molecular flexibility index (Phi) is 6.83. The van der Waals surface area contributed by atoms with Crippen molar-refractivity contribution in [1.82, 2.24) is 9.55 Å². The van der Waals surface area contributed by atoms with E-state index < -0.39 is 21.9 Å². The first-order valence-corrected chi connectivity index (χ1v) is 11.5. The van der Waals surface area contributed by atoms with Gasteiger partial charge in [-0.3, -0.25) is 4.99 Å². The highest BCUT2D eigenvalue weighted by molar-refractivity contribution is 7.87. The van der Waals surface area contributed by atoms with Crippen LogP contribution in [0.25, 0.3) is 16.6 Å². The molecule has 2 aromatic rings. The molecule has 32 heavy (non-hydrogen) atoms. The maximum absolute atomic E-state index is 12.7. The van der Waals surface area contributed by atoms with Gasteiger partial charge in [0.05, 0.1) is 29.4 Å². The second-order valence-electron chi connectivity index (χ2n) is 7.78. The summed E-state index contributed by atoms with van der Waals surface area (Å²) in [6.45, 7) is 8.24. The van der Waals surface area contributed by atoms with Crippen molar-refractivity contribution in [3.63, 3.8) is 0 Å². The SMILES string of the molecule is CCC1=NC(OS(=O)(=O)C(F)(F)F)CC=C1c1nc2c(C)cn([C@@H](C)COC)c2cc1C. The Morgan fingerprint density at radius 3 is 2.56 bits per heavy atom. The van der Waals surface area contributed by atoms with Gasteiger partial charge in [-0.15, -0.1) is 0 Å². The predicted octanol–water partition coefficient (Wildman–Crippen LogP) is 4.69. The molecule has 7 nitrogen and oxygen atoms in total. The molecule has 2 aromatic heterocycles. The monoisotopic (exact) mass is 473 g/mol. The molecule has 2 atom stereocenters. The van der Waals surface area contributed by atoms with Crippen LogP contribution in [-0.4, -0.2) is 49.1 Å². The van der Waals surface area contributed by atoms with Crippen molar-refractivity contribution in [2.24, 2.45) is 4.99 Å². The fourth-order valence-electron chi connectivity index (χ4n) is 3.79. The van der Waals surface area contributed by atoms with Crippen molar-refractivity contribution in [3.05, 3.63) is 35.2 Å². The second kappa shape index (κ2) is 8.95. The number of rotatable bonds is 7. The normalized spacial score (nSPS) is 18.6. The van der Waals surface area contributed by atoms with Gasteiger partial charge in [0.1, 0.15) is 0 Å². The fourth-order valence-corrected chi connectivity index (χ4v) is 4.32. The van der Waals surface area contributed by atoms with Crippen LogP contribution in [-0.2, 0) is 19.0 Å². The summed E-state index contributed by atoms with van der Waals surface area (Å²) < 4.78 is 72.4. The zero-order valence-electron chi connectivity index (χ0n) is 18.5. The number of methoxy groups -OCH3 is 1. The third kappa shape index (κ3) is 4.60. The molecule has 1 aliphatic heterocycles. The molecule has 0 bridgehead atoms. The fraction of sp³-hybridized carbons (Fsp3) is 0.524. The highest BCUT2D eigenvalue weighted by atomic mass is 32.2. The number of halogens is 3. The van der Waals surface area contributed by atoms with Gasteiger partial charge in [-0.1, -0.05) is 13.0 Å². The summed E-state index contributed by atoms with van der Waals surface area (Å²) in [5, 5.41) is 0. The van der Waals surface area contributed by atoms with E-state index in [2.05, 4.69) is 13.7 Å². The molecular formula is C21H26F3N3O4S. The molecule has 1 unspecified atom stereocenters. The minimum absolute atomic E-state index is 0.110. The molecule has 0 saturated carbocycles. The van der Waals surface area contributed by atoms with Crippen molar-refractivity contribution in [1.29, 1.82) is 0 Å². The molecule has 0 saturated heterocycles. The van der Waals surface area contributed by atoms with Crippen molar-refractivity contribution >= 4 is 32.4 Å². The molecular weight excluding hydrogens is 447 g/mol. The largest absolute Gasteiger partial charge is 0.523 e. The van der Waals surface area contributed by atoms with E-state index in [1.165, 1.54) is 0 Å². The van der Waals surface area contributed by atoms with E-state index in [0.717, 1.165) is 22.2 Å². The van der Waals surface area contributed by atoms with E-state index in [4.69, 9.17) is 9.72 Å². The Balaban J connectivity index is 1.98. The summed E-state index contributed by atoms with van der Waals surface area (Å²) in [6.07, 6.45) is 2.46. The summed E-state index contributed by atoms with van der Waals surface area (Å²) in [7, 11) is -4.08. The first-order valence-electron chi connectivity index (χ1n) is 10.1. The molecule has 0 amide bonds. The Morgan fingerprint density at radius 1 is 1.28 bits per heavy atom. The summed E-state index contributed by atoms with van der Waals surface area (Å²) in [5.41, 5.74) is -0.0985. The number of fused-ring (bicyclic) bond motifs is 1. The molecule has 0 aromatic carbocycles. The van der Waals surface area contributed by atoms with Crippen LogP contribution in [0.3, 0.4) is 0 Å². The van der Waals surface area contributed by atoms with Gasteiger partial charge < -0.3 is 9.30 Å². The summed E-state index contributed by atoms with van der Waals surface area (Å²) in [5.74, 6) is 0. The van der Waals surface area contributed by atoms with Gasteiger partial charge in [0, 0.05) is 31.0 Å². The number of hydrogen-bond donors (Lipinski definition) is 0. The van der Waals surface area contributed by atoms with Crippen molar-refractivity contribution < 1.29 is 30.5 Å². The van der Waals surface area contributed by atoms with Crippen LogP contribution in [0.4, 0.5) is 13.2 Å². The van der Waals surface area contributed by atoms with Gasteiger partial charge in [0.15, 0.2) is 6.23 Å². The van der Waals surface area contributed by atoms with Gasteiger partial charge in [-0.05, 0) is 44.4 Å².